The molecule has 0 heterocycles. The third-order valence-corrected chi connectivity index (χ3v) is 4.22. The summed E-state index contributed by atoms with van der Waals surface area (Å²) < 4.78 is 11.8. The van der Waals surface area contributed by atoms with E-state index in [1.807, 2.05) is 12.1 Å². The normalized spacial score (nSPS) is 10.4. The van der Waals surface area contributed by atoms with Crippen LogP contribution < -0.4 is 14.4 Å². The average molecular weight is 364 g/mol. The summed E-state index contributed by atoms with van der Waals surface area (Å²) in [5.41, 5.74) is 2.41. The number of rotatable bonds is 7. The molecule has 0 amide bonds. The highest BCUT2D eigenvalue weighted by Crippen LogP contribution is 2.25. The van der Waals surface area contributed by atoms with E-state index in [4.69, 9.17) is 9.47 Å². The molecule has 0 bridgehead atoms. The highest BCUT2D eigenvalue weighted by Gasteiger charge is 2.06. The van der Waals surface area contributed by atoms with Gasteiger partial charge in [-0.05, 0) is 60.9 Å². The van der Waals surface area contributed by atoms with Crippen LogP contribution in [0, 0.1) is 0 Å². The Morgan fingerprint density at radius 1 is 1.00 bits per heavy atom. The van der Waals surface area contributed by atoms with E-state index in [0.717, 1.165) is 35.4 Å². The van der Waals surface area contributed by atoms with Crippen molar-refractivity contribution in [1.29, 1.82) is 0 Å². The van der Waals surface area contributed by atoms with Gasteiger partial charge in [-0.1, -0.05) is 15.9 Å². The lowest BCUT2D eigenvalue weighted by Crippen LogP contribution is -2.18. The number of methoxy groups -OCH3 is 2. The zero-order chi connectivity index (χ0) is 15.9. The Morgan fingerprint density at radius 3 is 2.36 bits per heavy atom. The molecule has 0 radical (unpaired) electrons. The first kappa shape index (κ1) is 16.7. The third-order valence-electron chi connectivity index (χ3n) is 3.69. The van der Waals surface area contributed by atoms with Gasteiger partial charge in [0.05, 0.1) is 14.2 Å². The lowest BCUT2D eigenvalue weighted by molar-refractivity contribution is 0.398. The molecule has 0 aliphatic carbocycles. The van der Waals surface area contributed by atoms with Gasteiger partial charge >= 0.3 is 0 Å². The van der Waals surface area contributed by atoms with Crippen LogP contribution >= 0.6 is 15.9 Å². The molecule has 0 unspecified atom stereocenters. The zero-order valence-electron chi connectivity index (χ0n) is 13.3. The fourth-order valence-electron chi connectivity index (χ4n) is 2.41. The Kier molecular flexibility index (Phi) is 6.13. The van der Waals surface area contributed by atoms with Crippen molar-refractivity contribution in [2.24, 2.45) is 0 Å². The molecule has 0 aliphatic heterocycles. The minimum Gasteiger partial charge on any atom is -0.497 e. The maximum Gasteiger partial charge on any atom is 0.122 e. The maximum absolute atomic E-state index is 5.43. The van der Waals surface area contributed by atoms with Crippen LogP contribution in [0.4, 0.5) is 5.69 Å². The SMILES string of the molecule is COc1ccc(OC)c(CCCN(C)c2ccc(Br)cc2)c1. The van der Waals surface area contributed by atoms with Crippen molar-refractivity contribution in [3.05, 3.63) is 52.5 Å². The maximum atomic E-state index is 5.43. The van der Waals surface area contributed by atoms with E-state index in [1.54, 1.807) is 14.2 Å². The van der Waals surface area contributed by atoms with E-state index in [0.29, 0.717) is 0 Å². The van der Waals surface area contributed by atoms with Gasteiger partial charge in [0.1, 0.15) is 11.5 Å². The number of hydrogen-bond acceptors (Lipinski definition) is 3. The number of hydrogen-bond donors (Lipinski definition) is 0. The van der Waals surface area contributed by atoms with Crippen LogP contribution in [0.15, 0.2) is 46.9 Å². The van der Waals surface area contributed by atoms with Crippen LogP contribution in [0.5, 0.6) is 11.5 Å². The van der Waals surface area contributed by atoms with Gasteiger partial charge in [0.25, 0.3) is 0 Å². The second kappa shape index (κ2) is 8.08. The van der Waals surface area contributed by atoms with Crippen LogP contribution in [0.1, 0.15) is 12.0 Å². The average Bonchev–Trinajstić information content (AvgIpc) is 2.55. The first-order valence-electron chi connectivity index (χ1n) is 7.31. The molecule has 0 atom stereocenters. The largest absolute Gasteiger partial charge is 0.497 e. The molecular weight excluding hydrogens is 342 g/mol. The van der Waals surface area contributed by atoms with Gasteiger partial charge in [0.2, 0.25) is 0 Å². The number of aryl methyl sites for hydroxylation is 1. The van der Waals surface area contributed by atoms with E-state index in [1.165, 1.54) is 11.3 Å². The molecule has 118 valence electrons. The molecular formula is C18H22BrNO2. The molecule has 0 spiro atoms. The van der Waals surface area contributed by atoms with Gasteiger partial charge in [-0.15, -0.1) is 0 Å². The second-order valence-corrected chi connectivity index (χ2v) is 6.09. The van der Waals surface area contributed by atoms with E-state index < -0.39 is 0 Å². The summed E-state index contributed by atoms with van der Waals surface area (Å²) in [6, 6.07) is 14.3. The fraction of sp³-hybridized carbons (Fsp3) is 0.333. The number of anilines is 1. The summed E-state index contributed by atoms with van der Waals surface area (Å²) in [6.45, 7) is 0.988. The van der Waals surface area contributed by atoms with Crippen molar-refractivity contribution < 1.29 is 9.47 Å². The van der Waals surface area contributed by atoms with Crippen LogP contribution in [-0.4, -0.2) is 27.8 Å². The fourth-order valence-corrected chi connectivity index (χ4v) is 2.67. The number of ether oxygens (including phenoxy) is 2. The molecule has 3 nitrogen and oxygen atoms in total. The molecule has 0 aromatic heterocycles. The van der Waals surface area contributed by atoms with E-state index in [-0.39, 0.29) is 0 Å². The Balaban J connectivity index is 1.94. The van der Waals surface area contributed by atoms with Crippen molar-refractivity contribution in [2.45, 2.75) is 12.8 Å². The van der Waals surface area contributed by atoms with Gasteiger partial charge in [0, 0.05) is 23.8 Å². The van der Waals surface area contributed by atoms with Gasteiger partial charge in [0.15, 0.2) is 0 Å². The zero-order valence-corrected chi connectivity index (χ0v) is 14.9. The molecule has 0 saturated heterocycles. The summed E-state index contributed by atoms with van der Waals surface area (Å²) in [4.78, 5) is 2.26. The first-order chi connectivity index (χ1) is 10.6. The number of halogens is 1. The Bertz CT molecular complexity index is 599. The standard InChI is InChI=1S/C18H22BrNO2/c1-20(16-8-6-15(19)7-9-16)12-4-5-14-13-17(21-2)10-11-18(14)22-3/h6-11,13H,4-5,12H2,1-3H3. The second-order valence-electron chi connectivity index (χ2n) is 5.18. The van der Waals surface area contributed by atoms with Crippen molar-refractivity contribution in [2.75, 3.05) is 32.7 Å². The summed E-state index contributed by atoms with van der Waals surface area (Å²) >= 11 is 3.46. The van der Waals surface area contributed by atoms with Crippen LogP contribution in [0.25, 0.3) is 0 Å². The summed E-state index contributed by atoms with van der Waals surface area (Å²) in [6.07, 6.45) is 2.01. The van der Waals surface area contributed by atoms with Gasteiger partial charge in [-0.3, -0.25) is 0 Å². The Hall–Kier alpha value is -1.68. The van der Waals surface area contributed by atoms with E-state index in [9.17, 15) is 0 Å². The third kappa shape index (κ3) is 4.41. The minimum atomic E-state index is 0.872. The molecule has 0 aliphatic rings. The summed E-state index contributed by atoms with van der Waals surface area (Å²) in [7, 11) is 5.51. The molecule has 2 rings (SSSR count). The minimum absolute atomic E-state index is 0.872. The van der Waals surface area contributed by atoms with Crippen LogP contribution in [0.2, 0.25) is 0 Å². The first-order valence-corrected chi connectivity index (χ1v) is 8.11. The van der Waals surface area contributed by atoms with E-state index in [2.05, 4.69) is 58.2 Å². The molecule has 2 aromatic carbocycles. The predicted molar refractivity (Wildman–Crippen MR) is 95.3 cm³/mol. The van der Waals surface area contributed by atoms with Crippen molar-refractivity contribution in [3.8, 4) is 11.5 Å². The predicted octanol–water partition coefficient (Wildman–Crippen LogP) is 4.54. The topological polar surface area (TPSA) is 21.7 Å². The van der Waals surface area contributed by atoms with E-state index >= 15 is 0 Å². The van der Waals surface area contributed by atoms with Crippen molar-refractivity contribution in [1.82, 2.24) is 0 Å². The van der Waals surface area contributed by atoms with Gasteiger partial charge < -0.3 is 14.4 Å². The highest BCUT2D eigenvalue weighted by molar-refractivity contribution is 9.10. The molecule has 0 saturated carbocycles. The van der Waals surface area contributed by atoms with Crippen LogP contribution in [-0.2, 0) is 6.42 Å². The molecule has 4 heteroatoms. The summed E-state index contributed by atoms with van der Waals surface area (Å²) in [5, 5.41) is 0. The van der Waals surface area contributed by atoms with Gasteiger partial charge in [-0.25, -0.2) is 0 Å². The van der Waals surface area contributed by atoms with Crippen molar-refractivity contribution >= 4 is 21.6 Å². The van der Waals surface area contributed by atoms with Crippen LogP contribution in [0.3, 0.4) is 0 Å². The lowest BCUT2D eigenvalue weighted by Gasteiger charge is -2.19. The van der Waals surface area contributed by atoms with Gasteiger partial charge in [-0.2, -0.15) is 0 Å². The molecule has 0 fully saturated rings. The lowest BCUT2D eigenvalue weighted by atomic mass is 10.1. The monoisotopic (exact) mass is 363 g/mol. The number of benzene rings is 2. The Labute approximate surface area is 141 Å². The highest BCUT2D eigenvalue weighted by atomic mass is 79.9. The van der Waals surface area contributed by atoms with Crippen molar-refractivity contribution in [3.63, 3.8) is 0 Å². The molecule has 2 aromatic rings. The Morgan fingerprint density at radius 2 is 1.73 bits per heavy atom. The number of nitrogens with zero attached hydrogens (tertiary/aromatic N) is 1. The smallest absolute Gasteiger partial charge is 0.122 e. The molecule has 22 heavy (non-hydrogen) atoms. The quantitative estimate of drug-likeness (QED) is 0.720. The molecule has 0 N–H and O–H groups in total. The summed E-state index contributed by atoms with van der Waals surface area (Å²) in [5.74, 6) is 1.80.